The van der Waals surface area contributed by atoms with Gasteiger partial charge >= 0.3 is 5.97 Å². The fourth-order valence-corrected chi connectivity index (χ4v) is 1.09. The Hall–Kier alpha value is -1.05. The first-order valence-corrected chi connectivity index (χ1v) is 3.83. The van der Waals surface area contributed by atoms with E-state index in [1.807, 2.05) is 12.2 Å². The van der Waals surface area contributed by atoms with E-state index >= 15 is 0 Å². The molecule has 0 aromatic rings. The molecule has 0 saturated carbocycles. The minimum Gasteiger partial charge on any atom is -0.481 e. The van der Waals surface area contributed by atoms with Crippen LogP contribution in [0.15, 0.2) is 24.3 Å². The van der Waals surface area contributed by atoms with Crippen molar-refractivity contribution in [3.8, 4) is 0 Å². The molecular formula is C9H12O2. The van der Waals surface area contributed by atoms with E-state index in [-0.39, 0.29) is 0 Å². The number of rotatable bonds is 2. The van der Waals surface area contributed by atoms with E-state index in [9.17, 15) is 4.79 Å². The summed E-state index contributed by atoms with van der Waals surface area (Å²) in [6.07, 6.45) is 8.45. The van der Waals surface area contributed by atoms with Crippen molar-refractivity contribution in [1.82, 2.24) is 0 Å². The summed E-state index contributed by atoms with van der Waals surface area (Å²) in [5, 5.41) is 8.59. The van der Waals surface area contributed by atoms with E-state index in [1.165, 1.54) is 0 Å². The number of allylic oxidation sites excluding steroid dienone is 2. The summed E-state index contributed by atoms with van der Waals surface area (Å²) >= 11 is 0. The zero-order valence-corrected chi connectivity index (χ0v) is 6.53. The van der Waals surface area contributed by atoms with E-state index in [4.69, 9.17) is 5.11 Å². The minimum absolute atomic E-state index is 0.405. The van der Waals surface area contributed by atoms with E-state index in [2.05, 4.69) is 6.92 Å². The van der Waals surface area contributed by atoms with E-state index in [1.54, 1.807) is 12.2 Å². The molecule has 0 spiro atoms. The highest BCUT2D eigenvalue weighted by atomic mass is 16.4. The highest BCUT2D eigenvalue weighted by Gasteiger charge is 2.13. The first kappa shape index (κ1) is 8.05. The summed E-state index contributed by atoms with van der Waals surface area (Å²) < 4.78 is 0. The van der Waals surface area contributed by atoms with Crippen molar-refractivity contribution in [2.75, 3.05) is 0 Å². The molecule has 0 fully saturated rings. The highest BCUT2D eigenvalue weighted by Crippen LogP contribution is 2.16. The lowest BCUT2D eigenvalue weighted by Gasteiger charge is -2.11. The molecule has 1 aliphatic rings. The van der Waals surface area contributed by atoms with Crippen molar-refractivity contribution in [3.63, 3.8) is 0 Å². The fraction of sp³-hybridized carbons (Fsp3) is 0.444. The quantitative estimate of drug-likeness (QED) is 0.613. The standard InChI is InChI=1S/C9H12O2/c1-2-7-3-5-8(6-4-7)9(10)11/h3-8H,2H2,1H3,(H,10,11). The third kappa shape index (κ3) is 1.93. The van der Waals surface area contributed by atoms with Crippen LogP contribution in [0.1, 0.15) is 13.3 Å². The fourth-order valence-electron chi connectivity index (χ4n) is 1.09. The second-order valence-corrected chi connectivity index (χ2v) is 2.71. The van der Waals surface area contributed by atoms with Gasteiger partial charge in [-0.1, -0.05) is 31.2 Å². The first-order chi connectivity index (χ1) is 5.24. The molecule has 0 radical (unpaired) electrons. The van der Waals surface area contributed by atoms with Crippen LogP contribution >= 0.6 is 0 Å². The topological polar surface area (TPSA) is 37.3 Å². The molecule has 0 aromatic heterocycles. The SMILES string of the molecule is CCC1C=CC(C(=O)O)C=C1. The Labute approximate surface area is 66.2 Å². The molecule has 0 aliphatic heterocycles. The third-order valence-corrected chi connectivity index (χ3v) is 1.89. The van der Waals surface area contributed by atoms with E-state index in [0.717, 1.165) is 6.42 Å². The molecule has 1 rings (SSSR count). The number of hydrogen-bond donors (Lipinski definition) is 1. The summed E-state index contributed by atoms with van der Waals surface area (Å²) in [5.41, 5.74) is 0. The van der Waals surface area contributed by atoms with Gasteiger partial charge in [-0.05, 0) is 12.3 Å². The van der Waals surface area contributed by atoms with Crippen molar-refractivity contribution in [2.24, 2.45) is 11.8 Å². The summed E-state index contributed by atoms with van der Waals surface area (Å²) in [5.74, 6) is -0.740. The maximum Gasteiger partial charge on any atom is 0.314 e. The lowest BCUT2D eigenvalue weighted by atomic mass is 9.95. The molecule has 2 heteroatoms. The highest BCUT2D eigenvalue weighted by molar-refractivity contribution is 5.74. The van der Waals surface area contributed by atoms with Gasteiger partial charge in [0.05, 0.1) is 5.92 Å². The summed E-state index contributed by atoms with van der Waals surface area (Å²) in [6, 6.07) is 0. The molecule has 0 saturated heterocycles. The number of carboxylic acids is 1. The largest absolute Gasteiger partial charge is 0.481 e. The Morgan fingerprint density at radius 1 is 1.36 bits per heavy atom. The van der Waals surface area contributed by atoms with Crippen LogP contribution in [0.3, 0.4) is 0 Å². The normalized spacial score (nSPS) is 28.8. The lowest BCUT2D eigenvalue weighted by Crippen LogP contribution is -2.11. The minimum atomic E-state index is -0.771. The third-order valence-electron chi connectivity index (χ3n) is 1.89. The zero-order valence-electron chi connectivity index (χ0n) is 6.53. The Bertz CT molecular complexity index is 190. The van der Waals surface area contributed by atoms with E-state index in [0.29, 0.717) is 5.92 Å². The monoisotopic (exact) mass is 152 g/mol. The first-order valence-electron chi connectivity index (χ1n) is 3.83. The molecule has 0 aromatic carbocycles. The van der Waals surface area contributed by atoms with Gasteiger partial charge in [0.2, 0.25) is 0 Å². The predicted octanol–water partition coefficient (Wildman–Crippen LogP) is 1.84. The second kappa shape index (κ2) is 3.37. The molecule has 0 heterocycles. The van der Waals surface area contributed by atoms with Gasteiger partial charge in [-0.2, -0.15) is 0 Å². The van der Waals surface area contributed by atoms with Crippen LogP contribution in [0.5, 0.6) is 0 Å². The molecule has 2 nitrogen and oxygen atoms in total. The average Bonchev–Trinajstić information content (AvgIpc) is 2.05. The Morgan fingerprint density at radius 2 is 1.91 bits per heavy atom. The maximum atomic E-state index is 10.4. The van der Waals surface area contributed by atoms with Gasteiger partial charge in [-0.25, -0.2) is 0 Å². The molecule has 60 valence electrons. The van der Waals surface area contributed by atoms with Crippen LogP contribution < -0.4 is 0 Å². The van der Waals surface area contributed by atoms with Gasteiger partial charge in [0.1, 0.15) is 0 Å². The maximum absolute atomic E-state index is 10.4. The molecule has 0 atom stereocenters. The predicted molar refractivity (Wildman–Crippen MR) is 43.2 cm³/mol. The van der Waals surface area contributed by atoms with Crippen LogP contribution in [-0.2, 0) is 4.79 Å². The second-order valence-electron chi connectivity index (χ2n) is 2.71. The number of aliphatic carboxylic acids is 1. The smallest absolute Gasteiger partial charge is 0.314 e. The summed E-state index contributed by atoms with van der Waals surface area (Å²) in [4.78, 5) is 10.4. The van der Waals surface area contributed by atoms with Gasteiger partial charge in [-0.15, -0.1) is 0 Å². The van der Waals surface area contributed by atoms with Crippen LogP contribution in [0.2, 0.25) is 0 Å². The van der Waals surface area contributed by atoms with Gasteiger partial charge in [0.25, 0.3) is 0 Å². The molecule has 0 bridgehead atoms. The van der Waals surface area contributed by atoms with Crippen LogP contribution in [0, 0.1) is 11.8 Å². The van der Waals surface area contributed by atoms with Crippen molar-refractivity contribution >= 4 is 5.97 Å². The number of hydrogen-bond acceptors (Lipinski definition) is 1. The molecule has 1 N–H and O–H groups in total. The van der Waals surface area contributed by atoms with Crippen LogP contribution in [0.4, 0.5) is 0 Å². The van der Waals surface area contributed by atoms with Gasteiger partial charge in [0, 0.05) is 0 Å². The van der Waals surface area contributed by atoms with Crippen molar-refractivity contribution in [3.05, 3.63) is 24.3 Å². The van der Waals surface area contributed by atoms with E-state index < -0.39 is 11.9 Å². The van der Waals surface area contributed by atoms with Crippen molar-refractivity contribution in [1.29, 1.82) is 0 Å². The van der Waals surface area contributed by atoms with Gasteiger partial charge in [0.15, 0.2) is 0 Å². The summed E-state index contributed by atoms with van der Waals surface area (Å²) in [7, 11) is 0. The molecule has 0 amide bonds. The lowest BCUT2D eigenvalue weighted by molar-refractivity contribution is -0.138. The number of carbonyl (C=O) groups is 1. The Kier molecular flexibility index (Phi) is 2.47. The summed E-state index contributed by atoms with van der Waals surface area (Å²) in [6.45, 7) is 2.08. The van der Waals surface area contributed by atoms with Crippen molar-refractivity contribution in [2.45, 2.75) is 13.3 Å². The molecule has 0 unspecified atom stereocenters. The zero-order chi connectivity index (χ0) is 8.27. The van der Waals surface area contributed by atoms with Gasteiger partial charge in [-0.3, -0.25) is 4.79 Å². The van der Waals surface area contributed by atoms with Crippen LogP contribution in [-0.4, -0.2) is 11.1 Å². The van der Waals surface area contributed by atoms with Crippen LogP contribution in [0.25, 0.3) is 0 Å². The average molecular weight is 152 g/mol. The molecule has 1 aliphatic carbocycles. The Morgan fingerprint density at radius 3 is 2.27 bits per heavy atom. The van der Waals surface area contributed by atoms with Crippen molar-refractivity contribution < 1.29 is 9.90 Å². The number of carboxylic acid groups (broad SMARTS) is 1. The molecular weight excluding hydrogens is 140 g/mol. The van der Waals surface area contributed by atoms with Gasteiger partial charge < -0.3 is 5.11 Å². The molecule has 11 heavy (non-hydrogen) atoms. The Balaban J connectivity index is 2.57.